The molecule has 2 aromatic rings. The Morgan fingerprint density at radius 3 is 2.42 bits per heavy atom. The minimum absolute atomic E-state index is 0.00636. The first-order valence-electron chi connectivity index (χ1n) is 13.7. The number of benzene rings is 1. The molecule has 3 heterocycles. The number of primary amides is 1. The van der Waals surface area contributed by atoms with Crippen LogP contribution in [0.4, 0.5) is 23.1 Å². The van der Waals surface area contributed by atoms with Crippen molar-refractivity contribution in [2.24, 2.45) is 17.1 Å². The van der Waals surface area contributed by atoms with Crippen LogP contribution in [0, 0.1) is 16.7 Å². The van der Waals surface area contributed by atoms with Gasteiger partial charge in [-0.05, 0) is 61.8 Å². The lowest BCUT2D eigenvalue weighted by molar-refractivity contribution is -0.152. The van der Waals surface area contributed by atoms with Crippen LogP contribution < -0.4 is 20.9 Å². The highest BCUT2D eigenvalue weighted by Crippen LogP contribution is 2.60. The molecular formula is C27H36N7O5P. The summed E-state index contributed by atoms with van der Waals surface area (Å²) in [5, 5.41) is 11.1. The minimum atomic E-state index is -0.689. The van der Waals surface area contributed by atoms with Crippen LogP contribution in [-0.4, -0.2) is 65.9 Å². The van der Waals surface area contributed by atoms with Crippen LogP contribution in [0.1, 0.15) is 61.0 Å². The summed E-state index contributed by atoms with van der Waals surface area (Å²) in [4.78, 5) is 46.9. The lowest BCUT2D eigenvalue weighted by atomic mass is 9.90. The lowest BCUT2D eigenvalue weighted by Crippen LogP contribution is -2.35. The van der Waals surface area contributed by atoms with Gasteiger partial charge in [-0.3, -0.25) is 14.1 Å². The second-order valence-electron chi connectivity index (χ2n) is 10.6. The molecule has 5 rings (SSSR count). The SMILES string of the molecule is N=Cc1nc(N2CCCCCC2)nc(Nc2ccc(N3CCC4(CC3)CC4C(=O)OCOPO)cc2)c1C(N)=O. The van der Waals surface area contributed by atoms with Crippen LogP contribution >= 0.6 is 9.03 Å². The largest absolute Gasteiger partial charge is 0.438 e. The summed E-state index contributed by atoms with van der Waals surface area (Å²) in [7, 11) is -0.689. The quantitative estimate of drug-likeness (QED) is 0.110. The molecule has 12 nitrogen and oxygen atoms in total. The molecule has 2 saturated heterocycles. The van der Waals surface area contributed by atoms with Gasteiger partial charge in [-0.2, -0.15) is 4.98 Å². The molecule has 1 saturated carbocycles. The molecule has 1 aliphatic carbocycles. The fourth-order valence-electron chi connectivity index (χ4n) is 5.87. The molecule has 13 heteroatoms. The van der Waals surface area contributed by atoms with E-state index in [2.05, 4.69) is 25.1 Å². The van der Waals surface area contributed by atoms with Gasteiger partial charge in [-0.25, -0.2) is 4.98 Å². The number of carbonyl (C=O) groups excluding carboxylic acids is 2. The number of esters is 1. The molecule has 5 N–H and O–H groups in total. The number of hydrogen-bond acceptors (Lipinski definition) is 11. The summed E-state index contributed by atoms with van der Waals surface area (Å²) in [6, 6.07) is 7.90. The Morgan fingerprint density at radius 1 is 1.10 bits per heavy atom. The number of hydrogen-bond donors (Lipinski definition) is 4. The standard InChI is InChI=1S/C27H36N7O5P/c28-16-21-22(23(29)35)24(32-26(31-21)34-11-3-1-2-4-12-34)30-18-5-7-19(8-6-18)33-13-9-27(10-14-33)15-20(27)25(36)38-17-39-40-37/h5-8,16,20,28,37,40H,1-4,9-15,17H2,(H2,29,35)(H,30,31,32). The average molecular weight is 570 g/mol. The zero-order valence-corrected chi connectivity index (χ0v) is 23.4. The molecule has 0 bridgehead atoms. The molecule has 2 unspecified atom stereocenters. The number of carbonyl (C=O) groups is 2. The predicted molar refractivity (Wildman–Crippen MR) is 153 cm³/mol. The maximum atomic E-state index is 12.3. The van der Waals surface area contributed by atoms with Gasteiger partial charge in [0.15, 0.2) is 15.8 Å². The summed E-state index contributed by atoms with van der Waals surface area (Å²) in [5.74, 6) is -0.234. The van der Waals surface area contributed by atoms with Crippen LogP contribution in [0.15, 0.2) is 24.3 Å². The Labute approximate surface area is 235 Å². The Morgan fingerprint density at radius 2 is 1.80 bits per heavy atom. The third kappa shape index (κ3) is 6.19. The first-order valence-corrected chi connectivity index (χ1v) is 14.6. The third-order valence-corrected chi connectivity index (χ3v) is 8.50. The number of anilines is 4. The highest BCUT2D eigenvalue weighted by molar-refractivity contribution is 7.24. The second kappa shape index (κ2) is 12.4. The molecule has 40 heavy (non-hydrogen) atoms. The van der Waals surface area contributed by atoms with Crippen LogP contribution in [-0.2, 0) is 14.1 Å². The molecule has 214 valence electrons. The van der Waals surface area contributed by atoms with Gasteiger partial charge in [0.2, 0.25) is 5.95 Å². The molecule has 2 aliphatic heterocycles. The van der Waals surface area contributed by atoms with Crippen molar-refractivity contribution in [1.82, 2.24) is 9.97 Å². The fraction of sp³-hybridized carbons (Fsp3) is 0.519. The van der Waals surface area contributed by atoms with Crippen LogP contribution in [0.3, 0.4) is 0 Å². The van der Waals surface area contributed by atoms with E-state index >= 15 is 0 Å². The van der Waals surface area contributed by atoms with Crippen molar-refractivity contribution in [2.75, 3.05) is 48.1 Å². The monoisotopic (exact) mass is 569 g/mol. The zero-order chi connectivity index (χ0) is 28.1. The minimum Gasteiger partial charge on any atom is -0.438 e. The van der Waals surface area contributed by atoms with Gasteiger partial charge < -0.3 is 35.9 Å². The highest BCUT2D eigenvalue weighted by atomic mass is 31.1. The van der Waals surface area contributed by atoms with E-state index in [0.29, 0.717) is 11.8 Å². The first-order chi connectivity index (χ1) is 19.4. The van der Waals surface area contributed by atoms with Gasteiger partial charge in [0, 0.05) is 43.8 Å². The topological polar surface area (TPSA) is 167 Å². The van der Waals surface area contributed by atoms with Crippen molar-refractivity contribution in [3.8, 4) is 0 Å². The Kier molecular flexibility index (Phi) is 8.78. The van der Waals surface area contributed by atoms with Crippen molar-refractivity contribution >= 4 is 50.3 Å². The summed E-state index contributed by atoms with van der Waals surface area (Å²) in [6.07, 6.45) is 8.12. The molecular weight excluding hydrogens is 533 g/mol. The van der Waals surface area contributed by atoms with Crippen molar-refractivity contribution in [3.63, 3.8) is 0 Å². The molecule has 3 aliphatic rings. The molecule has 1 aromatic heterocycles. The Bertz CT molecular complexity index is 1230. The lowest BCUT2D eigenvalue weighted by Gasteiger charge is -2.34. The van der Waals surface area contributed by atoms with Crippen molar-refractivity contribution in [2.45, 2.75) is 44.9 Å². The van der Waals surface area contributed by atoms with Crippen molar-refractivity contribution < 1.29 is 23.7 Å². The Hall–Kier alpha value is -3.34. The van der Waals surface area contributed by atoms with Gasteiger partial charge >= 0.3 is 5.97 Å². The normalized spacial score (nSPS) is 20.4. The summed E-state index contributed by atoms with van der Waals surface area (Å²) < 4.78 is 9.84. The molecule has 1 aromatic carbocycles. The smallest absolute Gasteiger partial charge is 0.311 e. The van der Waals surface area contributed by atoms with Gasteiger partial charge in [0.05, 0.1) is 5.92 Å². The van der Waals surface area contributed by atoms with Crippen LogP contribution in [0.2, 0.25) is 0 Å². The van der Waals surface area contributed by atoms with Gasteiger partial charge in [0.25, 0.3) is 5.91 Å². The molecule has 1 spiro atoms. The van der Waals surface area contributed by atoms with Crippen molar-refractivity contribution in [3.05, 3.63) is 35.5 Å². The van der Waals surface area contributed by atoms with E-state index in [1.807, 2.05) is 24.3 Å². The van der Waals surface area contributed by atoms with E-state index in [-0.39, 0.29) is 35.4 Å². The van der Waals surface area contributed by atoms with E-state index in [4.69, 9.17) is 25.3 Å². The number of nitrogens with one attached hydrogen (secondary N) is 2. The fourth-order valence-corrected chi connectivity index (χ4v) is 5.98. The van der Waals surface area contributed by atoms with E-state index in [1.54, 1.807) is 0 Å². The zero-order valence-electron chi connectivity index (χ0n) is 22.4. The number of rotatable bonds is 10. The third-order valence-electron chi connectivity index (χ3n) is 8.25. The second-order valence-corrected chi connectivity index (χ2v) is 11.1. The average Bonchev–Trinajstić information content (AvgIpc) is 3.73. The molecule has 0 radical (unpaired) electrons. The van der Waals surface area contributed by atoms with Crippen LogP contribution in [0.25, 0.3) is 0 Å². The van der Waals surface area contributed by atoms with Gasteiger partial charge in [-0.1, -0.05) is 12.8 Å². The molecule has 3 fully saturated rings. The van der Waals surface area contributed by atoms with Gasteiger partial charge in [-0.15, -0.1) is 0 Å². The van der Waals surface area contributed by atoms with E-state index < -0.39 is 14.9 Å². The number of ether oxygens (including phenoxy) is 1. The maximum absolute atomic E-state index is 12.3. The number of nitrogens with two attached hydrogens (primary N) is 1. The summed E-state index contributed by atoms with van der Waals surface area (Å²) >= 11 is 0. The highest BCUT2D eigenvalue weighted by Gasteiger charge is 2.59. The summed E-state index contributed by atoms with van der Waals surface area (Å²) in [5.41, 5.74) is 7.79. The number of piperidine rings is 1. The van der Waals surface area contributed by atoms with E-state index in [0.717, 1.165) is 88.7 Å². The summed E-state index contributed by atoms with van der Waals surface area (Å²) in [6.45, 7) is 3.14. The number of aromatic nitrogens is 2. The predicted octanol–water partition coefficient (Wildman–Crippen LogP) is 3.32. The number of amides is 1. The van der Waals surface area contributed by atoms with Crippen LogP contribution in [0.5, 0.6) is 0 Å². The van der Waals surface area contributed by atoms with E-state index in [1.165, 1.54) is 0 Å². The maximum Gasteiger partial charge on any atom is 0.311 e. The Balaban J connectivity index is 1.25. The van der Waals surface area contributed by atoms with Crippen molar-refractivity contribution in [1.29, 1.82) is 5.41 Å². The van der Waals surface area contributed by atoms with Gasteiger partial charge in [0.1, 0.15) is 17.1 Å². The number of nitrogens with zero attached hydrogens (tertiary/aromatic N) is 4. The molecule has 2 atom stereocenters. The molecule has 1 amide bonds. The first kappa shape index (κ1) is 28.2. The van der Waals surface area contributed by atoms with E-state index in [9.17, 15) is 9.59 Å².